The van der Waals surface area contributed by atoms with E-state index in [1.54, 1.807) is 25.5 Å². The first-order valence-electron chi connectivity index (χ1n) is 8.02. The van der Waals surface area contributed by atoms with Crippen LogP contribution in [0.5, 0.6) is 11.5 Å². The molecule has 0 aliphatic rings. The van der Waals surface area contributed by atoms with Crippen LogP contribution in [-0.2, 0) is 13.1 Å². The van der Waals surface area contributed by atoms with Crippen molar-refractivity contribution < 1.29 is 9.47 Å². The summed E-state index contributed by atoms with van der Waals surface area (Å²) in [5, 5.41) is 10.8. The maximum absolute atomic E-state index is 5.68. The van der Waals surface area contributed by atoms with Gasteiger partial charge in [0.05, 0.1) is 13.7 Å². The molecule has 0 unspecified atom stereocenters. The molecule has 0 amide bonds. The summed E-state index contributed by atoms with van der Waals surface area (Å²) >= 11 is 1.69. The minimum atomic E-state index is 0.660. The Hall–Kier alpha value is -2.21. The predicted molar refractivity (Wildman–Crippen MR) is 100 cm³/mol. The zero-order valence-corrected chi connectivity index (χ0v) is 15.3. The summed E-state index contributed by atoms with van der Waals surface area (Å²) in [4.78, 5) is 4.25. The van der Waals surface area contributed by atoms with Crippen molar-refractivity contribution in [2.24, 2.45) is 4.99 Å². The number of ether oxygens (including phenoxy) is 2. The molecule has 0 spiro atoms. The molecule has 1 aromatic heterocycles. The second-order valence-electron chi connectivity index (χ2n) is 5.24. The minimum Gasteiger partial charge on any atom is -0.493 e. The molecular weight excluding hydrogens is 322 g/mol. The molecule has 2 N–H and O–H groups in total. The summed E-state index contributed by atoms with van der Waals surface area (Å²) in [5.41, 5.74) is 2.36. The van der Waals surface area contributed by atoms with Crippen molar-refractivity contribution in [2.45, 2.75) is 26.4 Å². The summed E-state index contributed by atoms with van der Waals surface area (Å²) in [6.45, 7) is 4.19. The molecule has 0 saturated heterocycles. The van der Waals surface area contributed by atoms with Crippen LogP contribution in [0.25, 0.3) is 0 Å². The molecule has 1 aromatic carbocycles. The fourth-order valence-electron chi connectivity index (χ4n) is 2.14. The Labute approximate surface area is 147 Å². The van der Waals surface area contributed by atoms with E-state index in [4.69, 9.17) is 9.47 Å². The van der Waals surface area contributed by atoms with Crippen LogP contribution < -0.4 is 20.1 Å². The van der Waals surface area contributed by atoms with E-state index in [0.717, 1.165) is 36.0 Å². The van der Waals surface area contributed by atoms with Crippen molar-refractivity contribution in [3.63, 3.8) is 0 Å². The van der Waals surface area contributed by atoms with Crippen LogP contribution >= 0.6 is 11.3 Å². The fraction of sp³-hybridized carbons (Fsp3) is 0.389. The van der Waals surface area contributed by atoms with Gasteiger partial charge in [-0.25, -0.2) is 0 Å². The van der Waals surface area contributed by atoms with Gasteiger partial charge in [0, 0.05) is 20.1 Å². The standard InChI is InChI=1S/C18H25N3O2S/c1-4-8-23-16-6-5-14(10-17(16)22-3)11-20-18(19-2)21-12-15-7-9-24-13-15/h5-7,9-10,13H,4,8,11-12H2,1-3H3,(H2,19,20,21). The molecule has 24 heavy (non-hydrogen) atoms. The first-order chi connectivity index (χ1) is 11.8. The van der Waals surface area contributed by atoms with Crippen LogP contribution in [0, 0.1) is 0 Å². The third-order valence-electron chi connectivity index (χ3n) is 3.41. The highest BCUT2D eigenvalue weighted by atomic mass is 32.1. The van der Waals surface area contributed by atoms with Gasteiger partial charge in [0.2, 0.25) is 0 Å². The minimum absolute atomic E-state index is 0.660. The normalized spacial score (nSPS) is 11.2. The molecule has 0 aliphatic heterocycles. The second kappa shape index (κ2) is 9.82. The van der Waals surface area contributed by atoms with E-state index in [1.807, 2.05) is 18.2 Å². The molecule has 130 valence electrons. The van der Waals surface area contributed by atoms with Crippen molar-refractivity contribution in [1.29, 1.82) is 0 Å². The largest absolute Gasteiger partial charge is 0.493 e. The van der Waals surface area contributed by atoms with Gasteiger partial charge in [0.15, 0.2) is 17.5 Å². The molecule has 2 aromatic rings. The van der Waals surface area contributed by atoms with Crippen molar-refractivity contribution in [2.75, 3.05) is 20.8 Å². The smallest absolute Gasteiger partial charge is 0.191 e. The molecule has 2 rings (SSSR count). The fourth-order valence-corrected chi connectivity index (χ4v) is 2.81. The Morgan fingerprint density at radius 2 is 1.92 bits per heavy atom. The topological polar surface area (TPSA) is 54.9 Å². The average molecular weight is 347 g/mol. The van der Waals surface area contributed by atoms with Gasteiger partial charge in [-0.15, -0.1) is 0 Å². The van der Waals surface area contributed by atoms with Gasteiger partial charge >= 0.3 is 0 Å². The Morgan fingerprint density at radius 3 is 2.54 bits per heavy atom. The lowest BCUT2D eigenvalue weighted by Crippen LogP contribution is -2.36. The van der Waals surface area contributed by atoms with Gasteiger partial charge in [-0.1, -0.05) is 13.0 Å². The van der Waals surface area contributed by atoms with Gasteiger partial charge in [-0.3, -0.25) is 4.99 Å². The van der Waals surface area contributed by atoms with Crippen LogP contribution in [0.3, 0.4) is 0 Å². The third-order valence-corrected chi connectivity index (χ3v) is 4.15. The molecule has 0 radical (unpaired) electrons. The SMILES string of the molecule is CCCOc1ccc(CNC(=NC)NCc2ccsc2)cc1OC. The summed E-state index contributed by atoms with van der Waals surface area (Å²) < 4.78 is 11.1. The number of guanidine groups is 1. The van der Waals surface area contributed by atoms with Crippen LogP contribution in [-0.4, -0.2) is 26.7 Å². The number of nitrogens with zero attached hydrogens (tertiary/aromatic N) is 1. The van der Waals surface area contributed by atoms with E-state index in [9.17, 15) is 0 Å². The number of thiophene rings is 1. The van der Waals surface area contributed by atoms with Gasteiger partial charge in [0.25, 0.3) is 0 Å². The highest BCUT2D eigenvalue weighted by Crippen LogP contribution is 2.28. The molecule has 5 nitrogen and oxygen atoms in total. The molecule has 0 bridgehead atoms. The van der Waals surface area contributed by atoms with Crippen molar-refractivity contribution in [1.82, 2.24) is 10.6 Å². The number of hydrogen-bond acceptors (Lipinski definition) is 4. The molecule has 1 heterocycles. The van der Waals surface area contributed by atoms with Gasteiger partial charge in [0.1, 0.15) is 0 Å². The van der Waals surface area contributed by atoms with E-state index in [1.165, 1.54) is 5.56 Å². The first kappa shape index (κ1) is 18.1. The summed E-state index contributed by atoms with van der Waals surface area (Å²) in [6, 6.07) is 8.08. The van der Waals surface area contributed by atoms with E-state index in [-0.39, 0.29) is 0 Å². The number of rotatable bonds is 8. The summed E-state index contributed by atoms with van der Waals surface area (Å²) in [7, 11) is 3.43. The van der Waals surface area contributed by atoms with Crippen LogP contribution in [0.2, 0.25) is 0 Å². The van der Waals surface area contributed by atoms with E-state index >= 15 is 0 Å². The second-order valence-corrected chi connectivity index (χ2v) is 6.02. The van der Waals surface area contributed by atoms with Gasteiger partial charge < -0.3 is 20.1 Å². The quantitative estimate of drug-likeness (QED) is 0.568. The number of aliphatic imine (C=N–C) groups is 1. The highest BCUT2D eigenvalue weighted by molar-refractivity contribution is 7.07. The molecular formula is C18H25N3O2S. The highest BCUT2D eigenvalue weighted by Gasteiger charge is 2.06. The number of benzene rings is 1. The maximum Gasteiger partial charge on any atom is 0.191 e. The molecule has 0 atom stereocenters. The van der Waals surface area contributed by atoms with E-state index in [2.05, 4.69) is 39.4 Å². The number of nitrogens with one attached hydrogen (secondary N) is 2. The summed E-state index contributed by atoms with van der Waals surface area (Å²) in [5.74, 6) is 2.30. The third kappa shape index (κ3) is 5.45. The monoisotopic (exact) mass is 347 g/mol. The van der Waals surface area contributed by atoms with Crippen molar-refractivity contribution >= 4 is 17.3 Å². The summed E-state index contributed by atoms with van der Waals surface area (Å²) in [6.07, 6.45) is 0.971. The number of methoxy groups -OCH3 is 1. The number of hydrogen-bond donors (Lipinski definition) is 2. The Bertz CT molecular complexity index is 642. The van der Waals surface area contributed by atoms with Crippen molar-refractivity contribution in [3.8, 4) is 11.5 Å². The van der Waals surface area contributed by atoms with Crippen LogP contribution in [0.1, 0.15) is 24.5 Å². The zero-order chi connectivity index (χ0) is 17.2. The Morgan fingerprint density at radius 1 is 1.12 bits per heavy atom. The van der Waals surface area contributed by atoms with Crippen LogP contribution in [0.4, 0.5) is 0 Å². The molecule has 0 saturated carbocycles. The van der Waals surface area contributed by atoms with Gasteiger partial charge in [-0.05, 0) is 46.5 Å². The lowest BCUT2D eigenvalue weighted by molar-refractivity contribution is 0.294. The van der Waals surface area contributed by atoms with Crippen LogP contribution in [0.15, 0.2) is 40.0 Å². The van der Waals surface area contributed by atoms with Crippen molar-refractivity contribution in [3.05, 3.63) is 46.2 Å². The maximum atomic E-state index is 5.68. The first-order valence-corrected chi connectivity index (χ1v) is 8.96. The predicted octanol–water partition coefficient (Wildman–Crippen LogP) is 3.41. The van der Waals surface area contributed by atoms with E-state index < -0.39 is 0 Å². The molecule has 0 fully saturated rings. The van der Waals surface area contributed by atoms with Gasteiger partial charge in [-0.2, -0.15) is 11.3 Å². The Balaban J connectivity index is 1.89. The lowest BCUT2D eigenvalue weighted by atomic mass is 10.2. The average Bonchev–Trinajstić information content (AvgIpc) is 3.14. The van der Waals surface area contributed by atoms with E-state index in [0.29, 0.717) is 13.2 Å². The zero-order valence-electron chi connectivity index (χ0n) is 14.5. The lowest BCUT2D eigenvalue weighted by Gasteiger charge is -2.14. The molecule has 6 heteroatoms. The molecule has 0 aliphatic carbocycles. The Kier molecular flexibility index (Phi) is 7.42.